The predicted octanol–water partition coefficient (Wildman–Crippen LogP) is 2.65. The molecule has 0 radical (unpaired) electrons. The zero-order valence-electron chi connectivity index (χ0n) is 13.3. The molecule has 0 N–H and O–H groups in total. The molecular weight excluding hydrogens is 274 g/mol. The van der Waals surface area contributed by atoms with Gasteiger partial charge in [-0.25, -0.2) is 12.7 Å². The van der Waals surface area contributed by atoms with Crippen LogP contribution in [0, 0.1) is 22.7 Å². The standard InChI is InChI=1S/C15H27NO3S/c1-11(2)8-13(17)16-9-12-6-7-15(5,14(12,3)4)10-20(16,18)19/h11-12H,6-10H2,1-5H3/t12?,15-/m1/s1. The molecular formula is C15H27NO3S. The van der Waals surface area contributed by atoms with Crippen LogP contribution in [0.5, 0.6) is 0 Å². The lowest BCUT2D eigenvalue weighted by Crippen LogP contribution is -2.42. The number of carbonyl (C=O) groups excluding carboxylic acids is 1. The SMILES string of the molecule is CC(C)CC(=O)N1CC2CC[C@](C)(CS1(=O)=O)C2(C)C. The third kappa shape index (κ3) is 2.38. The third-order valence-corrected chi connectivity index (χ3v) is 7.73. The number of amides is 1. The Morgan fingerprint density at radius 1 is 1.30 bits per heavy atom. The lowest BCUT2D eigenvalue weighted by molar-refractivity contribution is -0.127. The summed E-state index contributed by atoms with van der Waals surface area (Å²) in [4.78, 5) is 12.3. The van der Waals surface area contributed by atoms with Crippen LogP contribution in [0.25, 0.3) is 0 Å². The van der Waals surface area contributed by atoms with E-state index in [0.29, 0.717) is 13.0 Å². The summed E-state index contributed by atoms with van der Waals surface area (Å²) in [6.07, 6.45) is 2.27. The van der Waals surface area contributed by atoms with Gasteiger partial charge in [0.25, 0.3) is 0 Å². The van der Waals surface area contributed by atoms with E-state index in [-0.39, 0.29) is 34.3 Å². The molecule has 2 rings (SSSR count). The van der Waals surface area contributed by atoms with Crippen molar-refractivity contribution >= 4 is 15.9 Å². The van der Waals surface area contributed by atoms with E-state index in [2.05, 4.69) is 20.8 Å². The minimum atomic E-state index is -3.48. The molecule has 0 spiro atoms. The van der Waals surface area contributed by atoms with E-state index in [9.17, 15) is 13.2 Å². The maximum absolute atomic E-state index is 12.6. The Kier molecular flexibility index (Phi) is 3.73. The fraction of sp³-hybridized carbons (Fsp3) is 0.933. The zero-order valence-corrected chi connectivity index (χ0v) is 14.1. The second-order valence-corrected chi connectivity index (χ2v) is 9.69. The van der Waals surface area contributed by atoms with Crippen LogP contribution in [0.15, 0.2) is 0 Å². The normalized spacial score (nSPS) is 35.1. The average molecular weight is 301 g/mol. The van der Waals surface area contributed by atoms with Gasteiger partial charge in [0.05, 0.1) is 5.75 Å². The van der Waals surface area contributed by atoms with Gasteiger partial charge in [0.15, 0.2) is 0 Å². The Labute approximate surface area is 123 Å². The van der Waals surface area contributed by atoms with E-state index in [4.69, 9.17) is 0 Å². The van der Waals surface area contributed by atoms with E-state index in [1.807, 2.05) is 13.8 Å². The number of hydrogen-bond acceptors (Lipinski definition) is 3. The predicted molar refractivity (Wildman–Crippen MR) is 79.6 cm³/mol. The lowest BCUT2D eigenvalue weighted by Gasteiger charge is -2.38. The van der Waals surface area contributed by atoms with E-state index >= 15 is 0 Å². The molecule has 0 aromatic carbocycles. The molecule has 0 aromatic rings. The van der Waals surface area contributed by atoms with Crippen LogP contribution in [0.3, 0.4) is 0 Å². The molecule has 1 saturated carbocycles. The molecule has 2 bridgehead atoms. The fourth-order valence-corrected chi connectivity index (χ4v) is 6.02. The van der Waals surface area contributed by atoms with Crippen molar-refractivity contribution in [2.75, 3.05) is 12.3 Å². The van der Waals surface area contributed by atoms with Gasteiger partial charge in [0.1, 0.15) is 0 Å². The van der Waals surface area contributed by atoms with Crippen molar-refractivity contribution in [3.05, 3.63) is 0 Å². The molecule has 1 amide bonds. The van der Waals surface area contributed by atoms with Gasteiger partial charge in [-0.3, -0.25) is 4.79 Å². The number of carbonyl (C=O) groups is 1. The van der Waals surface area contributed by atoms with E-state index in [1.165, 1.54) is 4.31 Å². The number of fused-ring (bicyclic) bond motifs is 2. The Morgan fingerprint density at radius 2 is 1.90 bits per heavy atom. The smallest absolute Gasteiger partial charge is 0.237 e. The Hall–Kier alpha value is -0.580. The van der Waals surface area contributed by atoms with Crippen LogP contribution >= 0.6 is 0 Å². The average Bonchev–Trinajstić information content (AvgIpc) is 2.41. The van der Waals surface area contributed by atoms with E-state index in [1.54, 1.807) is 0 Å². The molecule has 5 heteroatoms. The third-order valence-electron chi connectivity index (χ3n) is 5.70. The summed E-state index contributed by atoms with van der Waals surface area (Å²) in [5, 5.41) is 0. The van der Waals surface area contributed by atoms with Gasteiger partial charge in [0.2, 0.25) is 15.9 Å². The van der Waals surface area contributed by atoms with Crippen LogP contribution in [0.4, 0.5) is 0 Å². The van der Waals surface area contributed by atoms with E-state index in [0.717, 1.165) is 12.8 Å². The minimum absolute atomic E-state index is 0.0348. The molecule has 1 aliphatic carbocycles. The molecule has 20 heavy (non-hydrogen) atoms. The number of hydrogen-bond donors (Lipinski definition) is 0. The van der Waals surface area contributed by atoms with Crippen LogP contribution in [0.1, 0.15) is 53.9 Å². The molecule has 2 atom stereocenters. The van der Waals surface area contributed by atoms with E-state index < -0.39 is 10.0 Å². The van der Waals surface area contributed by atoms with Crippen molar-refractivity contribution in [2.45, 2.75) is 53.9 Å². The van der Waals surface area contributed by atoms with Gasteiger partial charge in [-0.1, -0.05) is 34.6 Å². The van der Waals surface area contributed by atoms with Crippen molar-refractivity contribution in [3.63, 3.8) is 0 Å². The lowest BCUT2D eigenvalue weighted by atomic mass is 9.67. The van der Waals surface area contributed by atoms with Crippen molar-refractivity contribution in [2.24, 2.45) is 22.7 Å². The Balaban J connectivity index is 2.36. The highest BCUT2D eigenvalue weighted by Crippen LogP contribution is 2.58. The zero-order chi connectivity index (χ0) is 15.3. The number of rotatable bonds is 2. The molecule has 2 aliphatic rings. The first-order chi connectivity index (χ1) is 8.99. The van der Waals surface area contributed by atoms with Crippen LogP contribution < -0.4 is 0 Å². The summed E-state index contributed by atoms with van der Waals surface area (Å²) < 4.78 is 26.4. The van der Waals surface area contributed by atoms with Gasteiger partial charge in [-0.15, -0.1) is 0 Å². The molecule has 0 aromatic heterocycles. The Morgan fingerprint density at radius 3 is 2.45 bits per heavy atom. The molecule has 4 nitrogen and oxygen atoms in total. The highest BCUT2D eigenvalue weighted by atomic mass is 32.2. The highest BCUT2D eigenvalue weighted by molar-refractivity contribution is 7.89. The molecule has 2 fully saturated rings. The van der Waals surface area contributed by atoms with Gasteiger partial charge < -0.3 is 0 Å². The summed E-state index contributed by atoms with van der Waals surface area (Å²) in [7, 11) is -3.48. The molecule has 1 saturated heterocycles. The molecule has 1 unspecified atom stereocenters. The molecule has 1 heterocycles. The van der Waals surface area contributed by atoms with Crippen LogP contribution in [-0.4, -0.2) is 30.9 Å². The first-order valence-electron chi connectivity index (χ1n) is 7.53. The number of nitrogens with zero attached hydrogens (tertiary/aromatic N) is 1. The summed E-state index contributed by atoms with van der Waals surface area (Å²) >= 11 is 0. The summed E-state index contributed by atoms with van der Waals surface area (Å²) in [6.45, 7) is 10.7. The van der Waals surface area contributed by atoms with Crippen molar-refractivity contribution < 1.29 is 13.2 Å². The topological polar surface area (TPSA) is 54.5 Å². The highest BCUT2D eigenvalue weighted by Gasteiger charge is 2.57. The molecule has 116 valence electrons. The van der Waals surface area contributed by atoms with Gasteiger partial charge >= 0.3 is 0 Å². The van der Waals surface area contributed by atoms with Gasteiger partial charge in [0, 0.05) is 13.0 Å². The molecule has 1 aliphatic heterocycles. The first kappa shape index (κ1) is 15.8. The second-order valence-electron chi connectivity index (χ2n) is 7.80. The Bertz CT molecular complexity index is 509. The van der Waals surface area contributed by atoms with Gasteiger partial charge in [-0.2, -0.15) is 0 Å². The largest absolute Gasteiger partial charge is 0.274 e. The second kappa shape index (κ2) is 4.72. The van der Waals surface area contributed by atoms with Crippen LogP contribution in [0.2, 0.25) is 0 Å². The van der Waals surface area contributed by atoms with Crippen LogP contribution in [-0.2, 0) is 14.8 Å². The maximum atomic E-state index is 12.6. The summed E-state index contributed by atoms with van der Waals surface area (Å²) in [5.41, 5.74) is -0.254. The number of sulfonamides is 1. The maximum Gasteiger partial charge on any atom is 0.237 e. The van der Waals surface area contributed by atoms with Crippen molar-refractivity contribution in [1.29, 1.82) is 0 Å². The summed E-state index contributed by atoms with van der Waals surface area (Å²) in [6, 6.07) is 0. The van der Waals surface area contributed by atoms with Crippen molar-refractivity contribution in [3.8, 4) is 0 Å². The van der Waals surface area contributed by atoms with Crippen molar-refractivity contribution in [1.82, 2.24) is 4.31 Å². The first-order valence-corrected chi connectivity index (χ1v) is 9.14. The minimum Gasteiger partial charge on any atom is -0.274 e. The quantitative estimate of drug-likeness (QED) is 0.788. The monoisotopic (exact) mass is 301 g/mol. The summed E-state index contributed by atoms with van der Waals surface area (Å²) in [5.74, 6) is 0.336. The van der Waals surface area contributed by atoms with Gasteiger partial charge in [-0.05, 0) is 35.5 Å². The fourth-order valence-electron chi connectivity index (χ4n) is 3.75.